The fraction of sp³-hybridized carbons (Fsp3) is 0.192. The van der Waals surface area contributed by atoms with Gasteiger partial charge >= 0.3 is 0 Å². The molecule has 0 bridgehead atoms. The Morgan fingerprint density at radius 1 is 1.00 bits per heavy atom. The van der Waals surface area contributed by atoms with Crippen LogP contribution in [0.15, 0.2) is 54.6 Å². The smallest absolute Gasteiger partial charge is 0.258 e. The molecule has 2 atom stereocenters. The molecule has 1 aliphatic rings. The Kier molecular flexibility index (Phi) is 7.48. The van der Waals surface area contributed by atoms with Gasteiger partial charge in [-0.1, -0.05) is 34.8 Å². The number of halogens is 5. The summed E-state index contributed by atoms with van der Waals surface area (Å²) in [5.41, 5.74) is 3.01. The summed E-state index contributed by atoms with van der Waals surface area (Å²) < 4.78 is -1.33. The number of carbonyl (C=O) groups excluding carboxylic acids is 2. The van der Waals surface area contributed by atoms with Crippen molar-refractivity contribution in [3.8, 4) is 6.07 Å². The highest BCUT2D eigenvalue weighted by molar-refractivity contribution is 6.53. The maximum Gasteiger partial charge on any atom is 0.258 e. The summed E-state index contributed by atoms with van der Waals surface area (Å²) in [5, 5.41) is 13.0. The van der Waals surface area contributed by atoms with Crippen molar-refractivity contribution in [1.82, 2.24) is 0 Å². The Hall–Kier alpha value is -2.46. The lowest BCUT2D eigenvalue weighted by Crippen LogP contribution is -2.27. The Morgan fingerprint density at radius 2 is 1.67 bits per heavy atom. The van der Waals surface area contributed by atoms with E-state index in [0.29, 0.717) is 48.7 Å². The van der Waals surface area contributed by atoms with Gasteiger partial charge in [-0.05, 0) is 72.6 Å². The first-order valence-electron chi connectivity index (χ1n) is 10.7. The van der Waals surface area contributed by atoms with E-state index in [-0.39, 0.29) is 5.91 Å². The third kappa shape index (κ3) is 5.16. The van der Waals surface area contributed by atoms with Crippen LogP contribution in [0.5, 0.6) is 0 Å². The molecule has 184 valence electrons. The molecule has 0 aromatic heterocycles. The first-order chi connectivity index (χ1) is 16.9. The topological polar surface area (TPSA) is 73.2 Å². The Labute approximate surface area is 233 Å². The van der Waals surface area contributed by atoms with Crippen LogP contribution in [0, 0.1) is 24.2 Å². The summed E-state index contributed by atoms with van der Waals surface area (Å²) in [6.07, 6.45) is 0. The maximum atomic E-state index is 13.2. The molecule has 0 heterocycles. The van der Waals surface area contributed by atoms with E-state index in [1.807, 2.05) is 0 Å². The molecule has 0 aliphatic heterocycles. The van der Waals surface area contributed by atoms with Gasteiger partial charge in [0, 0.05) is 34.3 Å². The standard InChI is InChI=1S/C26H18Cl5N3O2/c1-13-7-14(12-32)3-5-19(13)25(36)34(2)21-11-18(4-6-20(21)29)33-24(35)23-22(26(23,30)31)15-8-16(27)10-17(28)9-15/h3-11,22-23H,1-2H3,(H,33,35). The second-order valence-corrected chi connectivity index (χ2v) is 11.2. The summed E-state index contributed by atoms with van der Waals surface area (Å²) in [5.74, 6) is -1.95. The molecule has 3 aromatic rings. The lowest BCUT2D eigenvalue weighted by Gasteiger charge is -2.21. The molecule has 2 unspecified atom stereocenters. The van der Waals surface area contributed by atoms with E-state index in [4.69, 9.17) is 63.3 Å². The van der Waals surface area contributed by atoms with Crippen LogP contribution in [0.25, 0.3) is 0 Å². The van der Waals surface area contributed by atoms with E-state index in [2.05, 4.69) is 11.4 Å². The van der Waals surface area contributed by atoms with Crippen molar-refractivity contribution >= 4 is 81.2 Å². The molecule has 0 radical (unpaired) electrons. The number of aryl methyl sites for hydroxylation is 1. The van der Waals surface area contributed by atoms with Crippen molar-refractivity contribution in [1.29, 1.82) is 5.26 Å². The highest BCUT2D eigenvalue weighted by Crippen LogP contribution is 2.65. The lowest BCUT2D eigenvalue weighted by atomic mass is 10.0. The van der Waals surface area contributed by atoms with Gasteiger partial charge < -0.3 is 10.2 Å². The van der Waals surface area contributed by atoms with Crippen molar-refractivity contribution in [3.05, 3.63) is 91.9 Å². The number of nitrogens with zero attached hydrogens (tertiary/aromatic N) is 2. The lowest BCUT2D eigenvalue weighted by molar-refractivity contribution is -0.117. The Morgan fingerprint density at radius 3 is 2.28 bits per heavy atom. The second kappa shape index (κ2) is 10.1. The fourth-order valence-corrected chi connectivity index (χ4v) is 5.77. The van der Waals surface area contributed by atoms with Crippen LogP contribution < -0.4 is 10.2 Å². The van der Waals surface area contributed by atoms with Crippen LogP contribution in [0.3, 0.4) is 0 Å². The van der Waals surface area contributed by atoms with Gasteiger partial charge in [0.25, 0.3) is 5.91 Å². The average molecular weight is 582 g/mol. The number of hydrogen-bond acceptors (Lipinski definition) is 3. The number of amides is 2. The summed E-state index contributed by atoms with van der Waals surface area (Å²) in [6.45, 7) is 1.75. The number of alkyl halides is 2. The predicted molar refractivity (Wildman–Crippen MR) is 146 cm³/mol. The highest BCUT2D eigenvalue weighted by atomic mass is 35.5. The van der Waals surface area contributed by atoms with Crippen molar-refractivity contribution < 1.29 is 9.59 Å². The Balaban J connectivity index is 1.55. The van der Waals surface area contributed by atoms with E-state index in [0.717, 1.165) is 0 Å². The van der Waals surface area contributed by atoms with Crippen molar-refractivity contribution in [2.45, 2.75) is 17.2 Å². The minimum Gasteiger partial charge on any atom is -0.326 e. The van der Waals surface area contributed by atoms with Crippen molar-refractivity contribution in [2.75, 3.05) is 17.3 Å². The zero-order valence-corrected chi connectivity index (χ0v) is 22.7. The number of rotatable bonds is 5. The van der Waals surface area contributed by atoms with E-state index >= 15 is 0 Å². The quantitative estimate of drug-likeness (QED) is 0.315. The van der Waals surface area contributed by atoms with Gasteiger partial charge in [-0.25, -0.2) is 0 Å². The number of carbonyl (C=O) groups is 2. The first kappa shape index (κ1) is 26.6. The second-order valence-electron chi connectivity index (χ2n) is 8.49. The molecule has 5 nitrogen and oxygen atoms in total. The molecule has 0 spiro atoms. The van der Waals surface area contributed by atoms with Crippen LogP contribution in [0.2, 0.25) is 15.1 Å². The number of nitrogens with one attached hydrogen (secondary N) is 1. The SMILES string of the molecule is Cc1cc(C#N)ccc1C(=O)N(C)c1cc(NC(=O)C2C(c3cc(Cl)cc(Cl)c3)C2(Cl)Cl)ccc1Cl. The van der Waals surface area contributed by atoms with Crippen LogP contribution in [0.1, 0.15) is 33.0 Å². The fourth-order valence-electron chi connectivity index (χ4n) is 4.15. The third-order valence-electron chi connectivity index (χ3n) is 6.05. The molecule has 1 saturated carbocycles. The molecule has 1 N–H and O–H groups in total. The van der Waals surface area contributed by atoms with Gasteiger partial charge in [0.1, 0.15) is 4.33 Å². The molecule has 0 saturated heterocycles. The molecule has 1 fully saturated rings. The number of hydrogen-bond donors (Lipinski definition) is 1. The van der Waals surface area contributed by atoms with Crippen LogP contribution in [-0.2, 0) is 4.79 Å². The monoisotopic (exact) mass is 579 g/mol. The number of nitriles is 1. The molecule has 4 rings (SSSR count). The van der Waals surface area contributed by atoms with Gasteiger partial charge in [-0.2, -0.15) is 5.26 Å². The molecule has 3 aromatic carbocycles. The van der Waals surface area contributed by atoms with Gasteiger partial charge in [-0.3, -0.25) is 9.59 Å². The zero-order valence-electron chi connectivity index (χ0n) is 19.0. The molecular weight excluding hydrogens is 564 g/mol. The summed E-state index contributed by atoms with van der Waals surface area (Å²) >= 11 is 31.5. The summed E-state index contributed by atoms with van der Waals surface area (Å²) in [4.78, 5) is 27.6. The first-order valence-corrected chi connectivity index (χ1v) is 12.6. The molecule has 1 aliphatic carbocycles. The van der Waals surface area contributed by atoms with Crippen LogP contribution >= 0.6 is 58.0 Å². The van der Waals surface area contributed by atoms with Crippen LogP contribution in [0.4, 0.5) is 11.4 Å². The highest BCUT2D eigenvalue weighted by Gasteiger charge is 2.67. The number of anilines is 2. The minimum atomic E-state index is -1.33. The van der Waals surface area contributed by atoms with Crippen molar-refractivity contribution in [2.24, 2.45) is 5.92 Å². The van der Waals surface area contributed by atoms with E-state index < -0.39 is 22.1 Å². The molecule has 10 heteroatoms. The van der Waals surface area contributed by atoms with Gasteiger partial charge in [-0.15, -0.1) is 23.2 Å². The van der Waals surface area contributed by atoms with Crippen LogP contribution in [-0.4, -0.2) is 23.2 Å². The molecule has 36 heavy (non-hydrogen) atoms. The molecular formula is C26H18Cl5N3O2. The Bertz CT molecular complexity index is 1410. The van der Waals surface area contributed by atoms with E-state index in [9.17, 15) is 9.59 Å². The van der Waals surface area contributed by atoms with Gasteiger partial charge in [0.2, 0.25) is 5.91 Å². The average Bonchev–Trinajstić information content (AvgIpc) is 3.40. The maximum absolute atomic E-state index is 13.2. The van der Waals surface area contributed by atoms with Gasteiger partial charge in [0.05, 0.1) is 28.3 Å². The summed E-state index contributed by atoms with van der Waals surface area (Å²) in [6, 6.07) is 16.6. The number of benzene rings is 3. The summed E-state index contributed by atoms with van der Waals surface area (Å²) in [7, 11) is 1.58. The predicted octanol–water partition coefficient (Wildman–Crippen LogP) is 7.63. The normalized spacial score (nSPS) is 17.7. The van der Waals surface area contributed by atoms with E-state index in [1.54, 1.807) is 68.6 Å². The largest absolute Gasteiger partial charge is 0.326 e. The van der Waals surface area contributed by atoms with E-state index in [1.165, 1.54) is 4.90 Å². The minimum absolute atomic E-state index is 0.317. The molecule has 2 amide bonds. The third-order valence-corrected chi connectivity index (χ3v) is 7.74. The van der Waals surface area contributed by atoms with Gasteiger partial charge in [0.15, 0.2) is 0 Å². The zero-order chi connectivity index (χ0) is 26.4. The van der Waals surface area contributed by atoms with Crippen molar-refractivity contribution in [3.63, 3.8) is 0 Å².